The van der Waals surface area contributed by atoms with Crippen molar-refractivity contribution in [1.29, 1.82) is 0 Å². The van der Waals surface area contributed by atoms with Crippen molar-refractivity contribution >= 4 is 23.1 Å². The molecule has 5 nitrogen and oxygen atoms in total. The van der Waals surface area contributed by atoms with Crippen molar-refractivity contribution < 1.29 is 23.6 Å². The maximum atomic E-state index is 14.4. The van der Waals surface area contributed by atoms with E-state index >= 15 is 0 Å². The lowest BCUT2D eigenvalue weighted by atomic mass is 9.64. The molecule has 0 saturated heterocycles. The number of rotatable bonds is 13. The molecular formula is C42H56O5. The number of aryl methyl sites for hydroxylation is 1. The molecule has 5 heteroatoms. The third-order valence-corrected chi connectivity index (χ3v) is 12.8. The molecule has 0 aliphatic heterocycles. The first kappa shape index (κ1) is 34.1. The van der Waals surface area contributed by atoms with E-state index in [1.807, 2.05) is 25.1 Å². The van der Waals surface area contributed by atoms with Crippen molar-refractivity contribution in [3.05, 3.63) is 59.5 Å². The van der Waals surface area contributed by atoms with Crippen LogP contribution in [0.4, 0.5) is 0 Å². The maximum Gasteiger partial charge on any atom is 0.142 e. The number of hydrogen-bond acceptors (Lipinski definition) is 5. The number of fused-ring (bicyclic) bond motifs is 1. The second-order valence-electron chi connectivity index (χ2n) is 16.1. The minimum atomic E-state index is -0.943. The SMILES string of the molecule is CC(CC(=O)CCCc1ccco1)(CC(=O)C1CCC(C2Cc3ccccc3CC2=O)CC1)C(=O)C1CCC(C2CCCCC2)CC1. The summed E-state index contributed by atoms with van der Waals surface area (Å²) in [6.07, 6.45) is 19.2. The topological polar surface area (TPSA) is 81.4 Å². The molecule has 0 amide bonds. The highest BCUT2D eigenvalue weighted by Gasteiger charge is 2.44. The number of furan rings is 1. The Morgan fingerprint density at radius 1 is 0.745 bits per heavy atom. The molecule has 4 aliphatic rings. The minimum Gasteiger partial charge on any atom is -0.469 e. The Balaban J connectivity index is 1.07. The van der Waals surface area contributed by atoms with Crippen molar-refractivity contribution in [2.75, 3.05) is 0 Å². The average molecular weight is 641 g/mol. The summed E-state index contributed by atoms with van der Waals surface area (Å²) >= 11 is 0. The zero-order valence-corrected chi connectivity index (χ0v) is 28.7. The monoisotopic (exact) mass is 640 g/mol. The van der Waals surface area contributed by atoms with Gasteiger partial charge in [-0.05, 0) is 105 Å². The highest BCUT2D eigenvalue weighted by atomic mass is 16.3. The van der Waals surface area contributed by atoms with Crippen LogP contribution < -0.4 is 0 Å². The summed E-state index contributed by atoms with van der Waals surface area (Å²) in [6, 6.07) is 12.1. The maximum absolute atomic E-state index is 14.4. The van der Waals surface area contributed by atoms with Gasteiger partial charge >= 0.3 is 0 Å². The molecule has 2 aromatic rings. The van der Waals surface area contributed by atoms with E-state index in [-0.39, 0.29) is 47.9 Å². The van der Waals surface area contributed by atoms with Gasteiger partial charge in [0.05, 0.1) is 6.26 Å². The van der Waals surface area contributed by atoms with Crippen LogP contribution in [0.5, 0.6) is 0 Å². The number of ketones is 4. The van der Waals surface area contributed by atoms with Crippen LogP contribution in [-0.2, 0) is 38.4 Å². The van der Waals surface area contributed by atoms with Crippen molar-refractivity contribution in [2.24, 2.45) is 40.9 Å². The summed E-state index contributed by atoms with van der Waals surface area (Å²) in [7, 11) is 0. The quantitative estimate of drug-likeness (QED) is 0.218. The van der Waals surface area contributed by atoms with Gasteiger partial charge in [-0.15, -0.1) is 0 Å². The summed E-state index contributed by atoms with van der Waals surface area (Å²) in [6.45, 7) is 1.93. The zero-order valence-electron chi connectivity index (χ0n) is 28.7. The predicted octanol–water partition coefficient (Wildman–Crippen LogP) is 9.27. The van der Waals surface area contributed by atoms with E-state index in [0.29, 0.717) is 37.4 Å². The lowest BCUT2D eigenvalue weighted by Gasteiger charge is -2.39. The Morgan fingerprint density at radius 3 is 2.11 bits per heavy atom. The van der Waals surface area contributed by atoms with Crippen molar-refractivity contribution in [1.82, 2.24) is 0 Å². The van der Waals surface area contributed by atoms with Crippen LogP contribution in [-0.4, -0.2) is 23.1 Å². The van der Waals surface area contributed by atoms with Crippen LogP contribution in [0.3, 0.4) is 0 Å². The summed E-state index contributed by atoms with van der Waals surface area (Å²) in [5, 5.41) is 0. The van der Waals surface area contributed by atoms with E-state index in [2.05, 4.69) is 18.2 Å². The van der Waals surface area contributed by atoms with Gasteiger partial charge in [0.2, 0.25) is 0 Å². The second-order valence-corrected chi connectivity index (χ2v) is 16.1. The first-order valence-corrected chi connectivity index (χ1v) is 19.0. The van der Waals surface area contributed by atoms with E-state index in [4.69, 9.17) is 4.42 Å². The lowest BCUT2D eigenvalue weighted by Crippen LogP contribution is -2.41. The normalized spacial score (nSPS) is 28.3. The third kappa shape index (κ3) is 8.43. The van der Waals surface area contributed by atoms with Crippen LogP contribution in [0.25, 0.3) is 0 Å². The first-order valence-electron chi connectivity index (χ1n) is 19.0. The molecule has 0 spiro atoms. The second kappa shape index (κ2) is 15.6. The molecule has 254 valence electrons. The van der Waals surface area contributed by atoms with Crippen molar-refractivity contribution in [3.63, 3.8) is 0 Å². The number of Topliss-reactive ketones (excluding diaryl/α,β-unsaturated/α-hetero) is 4. The largest absolute Gasteiger partial charge is 0.469 e. The molecule has 3 fully saturated rings. The Bertz CT molecular complexity index is 1370. The summed E-state index contributed by atoms with van der Waals surface area (Å²) < 4.78 is 5.44. The lowest BCUT2D eigenvalue weighted by molar-refractivity contribution is -0.142. The standard InChI is InChI=1S/C42H56O5/c1-42(27-36(43)13-7-14-37-15-8-24-47-37,41(46)33-22-16-30(17-23-33)29-9-3-2-4-10-29)28-40(45)32-20-18-31(19-21-32)38-25-34-11-5-6-12-35(34)26-39(38)44/h5-6,8,11-12,15,24,29-33,38H,2-4,7,9-10,13-14,16-23,25-28H2,1H3. The third-order valence-electron chi connectivity index (χ3n) is 12.8. The van der Waals surface area contributed by atoms with Crippen LogP contribution >= 0.6 is 0 Å². The summed E-state index contributed by atoms with van der Waals surface area (Å²) in [5.41, 5.74) is 1.52. The smallest absolute Gasteiger partial charge is 0.142 e. The van der Waals surface area contributed by atoms with Gasteiger partial charge in [0.1, 0.15) is 28.9 Å². The molecule has 6 rings (SSSR count). The van der Waals surface area contributed by atoms with Crippen LogP contribution in [0.15, 0.2) is 47.1 Å². The first-order chi connectivity index (χ1) is 22.8. The van der Waals surface area contributed by atoms with Crippen LogP contribution in [0.1, 0.15) is 133 Å². The summed E-state index contributed by atoms with van der Waals surface area (Å²) in [5.74, 6) is 3.41. The van der Waals surface area contributed by atoms with E-state index in [1.54, 1.807) is 6.26 Å². The van der Waals surface area contributed by atoms with Gasteiger partial charge in [0.25, 0.3) is 0 Å². The molecule has 0 bridgehead atoms. The van der Waals surface area contributed by atoms with E-state index in [0.717, 1.165) is 75.4 Å². The van der Waals surface area contributed by atoms with Gasteiger partial charge in [0.15, 0.2) is 0 Å². The Hall–Kier alpha value is -2.82. The Morgan fingerprint density at radius 2 is 1.40 bits per heavy atom. The van der Waals surface area contributed by atoms with Gasteiger partial charge < -0.3 is 4.42 Å². The number of carbonyl (C=O) groups excluding carboxylic acids is 4. The number of carbonyl (C=O) groups is 4. The molecule has 0 radical (unpaired) electrons. The molecule has 47 heavy (non-hydrogen) atoms. The van der Waals surface area contributed by atoms with Crippen molar-refractivity contribution in [2.45, 2.75) is 135 Å². The molecule has 0 N–H and O–H groups in total. The molecule has 1 heterocycles. The minimum absolute atomic E-state index is 0.0421. The Labute approximate surface area is 282 Å². The molecule has 2 atom stereocenters. The van der Waals surface area contributed by atoms with Gasteiger partial charge in [-0.3, -0.25) is 19.2 Å². The Kier molecular flexibility index (Phi) is 11.3. The van der Waals surface area contributed by atoms with E-state index in [9.17, 15) is 19.2 Å². The van der Waals surface area contributed by atoms with Gasteiger partial charge in [-0.2, -0.15) is 0 Å². The predicted molar refractivity (Wildman–Crippen MR) is 184 cm³/mol. The molecule has 4 aliphatic carbocycles. The van der Waals surface area contributed by atoms with E-state index in [1.165, 1.54) is 43.2 Å². The van der Waals surface area contributed by atoms with Crippen LogP contribution in [0, 0.1) is 40.9 Å². The number of hydrogen-bond donors (Lipinski definition) is 0. The molecule has 3 saturated carbocycles. The zero-order chi connectivity index (χ0) is 32.8. The molecule has 1 aromatic carbocycles. The summed E-state index contributed by atoms with van der Waals surface area (Å²) in [4.78, 5) is 54.8. The average Bonchev–Trinajstić information content (AvgIpc) is 3.62. The van der Waals surface area contributed by atoms with Crippen molar-refractivity contribution in [3.8, 4) is 0 Å². The highest BCUT2D eigenvalue weighted by molar-refractivity contribution is 5.96. The molecule has 1 aromatic heterocycles. The fourth-order valence-corrected chi connectivity index (χ4v) is 10.0. The number of benzene rings is 1. The van der Waals surface area contributed by atoms with E-state index < -0.39 is 5.41 Å². The fraction of sp³-hybridized carbons (Fsp3) is 0.667. The van der Waals surface area contributed by atoms with Gasteiger partial charge in [-0.1, -0.05) is 63.3 Å². The van der Waals surface area contributed by atoms with Gasteiger partial charge in [-0.25, -0.2) is 0 Å². The molecular weight excluding hydrogens is 584 g/mol. The van der Waals surface area contributed by atoms with Gasteiger partial charge in [0, 0.05) is 55.3 Å². The molecule has 2 unspecified atom stereocenters. The highest BCUT2D eigenvalue weighted by Crippen LogP contribution is 2.45. The fourth-order valence-electron chi connectivity index (χ4n) is 10.0. The van der Waals surface area contributed by atoms with Crippen LogP contribution in [0.2, 0.25) is 0 Å².